The number of rotatable bonds is 3. The zero-order valence-corrected chi connectivity index (χ0v) is 6.43. The molecule has 0 heterocycles. The van der Waals surface area contributed by atoms with Gasteiger partial charge in [-0.15, -0.1) is 0 Å². The second kappa shape index (κ2) is 5.53. The fourth-order valence-corrected chi connectivity index (χ4v) is 0.283. The van der Waals surface area contributed by atoms with Gasteiger partial charge in [-0.1, -0.05) is 6.58 Å². The third-order valence-corrected chi connectivity index (χ3v) is 0.735. The molecule has 0 fully saturated rings. The van der Waals surface area contributed by atoms with Crippen molar-refractivity contribution >= 4 is 17.9 Å². The number of hydrogen-bond donors (Lipinski definition) is 1. The molecule has 0 saturated heterocycles. The van der Waals surface area contributed by atoms with Crippen molar-refractivity contribution in [1.82, 2.24) is 0 Å². The van der Waals surface area contributed by atoms with Crippen molar-refractivity contribution in [1.29, 1.82) is 0 Å². The Labute approximate surface area is 73.0 Å². The molecule has 6 nitrogen and oxygen atoms in total. The molecule has 0 aliphatic rings. The zero-order valence-electron chi connectivity index (χ0n) is 6.43. The summed E-state index contributed by atoms with van der Waals surface area (Å²) in [7, 11) is 0. The zero-order chi connectivity index (χ0) is 10.3. The molecule has 0 radical (unpaired) electrons. The average molecular weight is 186 g/mol. The number of hydrogen-bond acceptors (Lipinski definition) is 5. The van der Waals surface area contributed by atoms with Gasteiger partial charge in [0.15, 0.2) is 0 Å². The van der Waals surface area contributed by atoms with Crippen LogP contribution in [0.1, 0.15) is 0 Å². The van der Waals surface area contributed by atoms with Crippen LogP contribution in [0.5, 0.6) is 0 Å². The smallest absolute Gasteiger partial charge is 0.379 e. The van der Waals surface area contributed by atoms with Crippen molar-refractivity contribution in [3.63, 3.8) is 0 Å². The lowest BCUT2D eigenvalue weighted by molar-refractivity contribution is -0.250. The number of carboxylic acids is 1. The summed E-state index contributed by atoms with van der Waals surface area (Å²) in [4.78, 5) is 38.3. The van der Waals surface area contributed by atoms with Crippen LogP contribution in [0.4, 0.5) is 0 Å². The van der Waals surface area contributed by atoms with Crippen LogP contribution in [0.15, 0.2) is 24.8 Å². The minimum atomic E-state index is -1.31. The first-order valence-corrected chi connectivity index (χ1v) is 3.02. The van der Waals surface area contributed by atoms with Crippen LogP contribution in [-0.2, 0) is 24.2 Å². The van der Waals surface area contributed by atoms with E-state index in [4.69, 9.17) is 5.11 Å². The lowest BCUT2D eigenvalue weighted by Gasteiger charge is -1.95. The summed E-state index contributed by atoms with van der Waals surface area (Å²) in [6.07, 6.45) is 1.93. The number of carbonyl (C=O) groups excluding carboxylic acids is 2. The van der Waals surface area contributed by atoms with E-state index in [1.807, 2.05) is 0 Å². The van der Waals surface area contributed by atoms with Gasteiger partial charge in [-0.05, 0) is 0 Å². The van der Waals surface area contributed by atoms with Crippen molar-refractivity contribution < 1.29 is 29.3 Å². The Morgan fingerprint density at radius 1 is 1.08 bits per heavy atom. The van der Waals surface area contributed by atoms with E-state index in [1.165, 1.54) is 0 Å². The quantitative estimate of drug-likeness (QED) is 0.373. The van der Waals surface area contributed by atoms with Gasteiger partial charge in [0.25, 0.3) is 0 Å². The van der Waals surface area contributed by atoms with E-state index in [-0.39, 0.29) is 0 Å². The van der Waals surface area contributed by atoms with Crippen LogP contribution in [0.2, 0.25) is 0 Å². The fraction of sp³-hybridized carbons (Fsp3) is 0. The molecule has 1 N–H and O–H groups in total. The Bertz CT molecular complexity index is 264. The summed E-state index contributed by atoms with van der Waals surface area (Å²) < 4.78 is 0. The molecule has 70 valence electrons. The monoisotopic (exact) mass is 186 g/mol. The summed E-state index contributed by atoms with van der Waals surface area (Å²) >= 11 is 0. The second-order valence-corrected chi connectivity index (χ2v) is 1.68. The molecule has 6 heteroatoms. The van der Waals surface area contributed by atoms with Crippen LogP contribution in [0.3, 0.4) is 0 Å². The van der Waals surface area contributed by atoms with Crippen molar-refractivity contribution in [3.05, 3.63) is 24.8 Å². The molecular formula is C7H6O6. The molecule has 0 unspecified atom stereocenters. The lowest BCUT2D eigenvalue weighted by atomic mass is 10.5. The van der Waals surface area contributed by atoms with Gasteiger partial charge in [0.1, 0.15) is 0 Å². The van der Waals surface area contributed by atoms with Crippen LogP contribution in [0.25, 0.3) is 0 Å². The third kappa shape index (κ3) is 6.29. The van der Waals surface area contributed by atoms with Crippen LogP contribution in [-0.4, -0.2) is 23.0 Å². The SMILES string of the molecule is C=CC(=O)OOC(=O)/C=C\C(=O)O. The molecule has 0 bridgehead atoms. The number of aliphatic carboxylic acids is 1. The first-order chi connectivity index (χ1) is 6.06. The summed E-state index contributed by atoms with van der Waals surface area (Å²) in [5.41, 5.74) is 0. The van der Waals surface area contributed by atoms with E-state index in [0.29, 0.717) is 12.2 Å². The Morgan fingerprint density at radius 3 is 2.08 bits per heavy atom. The molecule has 13 heavy (non-hydrogen) atoms. The molecule has 0 aromatic heterocycles. The lowest BCUT2D eigenvalue weighted by Crippen LogP contribution is -2.07. The fourth-order valence-electron chi connectivity index (χ4n) is 0.283. The van der Waals surface area contributed by atoms with E-state index in [2.05, 4.69) is 16.4 Å². The molecule has 0 aliphatic carbocycles. The highest BCUT2D eigenvalue weighted by molar-refractivity contribution is 5.91. The Balaban J connectivity index is 3.82. The van der Waals surface area contributed by atoms with Gasteiger partial charge in [-0.25, -0.2) is 24.2 Å². The molecule has 0 spiro atoms. The normalized spacial score (nSPS) is 9.23. The van der Waals surface area contributed by atoms with E-state index < -0.39 is 17.9 Å². The molecule has 0 rings (SSSR count). The van der Waals surface area contributed by atoms with Gasteiger partial charge in [0, 0.05) is 18.2 Å². The minimum absolute atomic E-state index is 0.546. The molecular weight excluding hydrogens is 180 g/mol. The van der Waals surface area contributed by atoms with Gasteiger partial charge in [0.2, 0.25) is 0 Å². The van der Waals surface area contributed by atoms with E-state index >= 15 is 0 Å². The van der Waals surface area contributed by atoms with Crippen LogP contribution < -0.4 is 0 Å². The summed E-state index contributed by atoms with van der Waals surface area (Å²) in [6.45, 7) is 3.03. The molecule has 0 atom stereocenters. The van der Waals surface area contributed by atoms with Gasteiger partial charge >= 0.3 is 17.9 Å². The average Bonchev–Trinajstić information content (AvgIpc) is 2.10. The van der Waals surface area contributed by atoms with Gasteiger partial charge in [-0.2, -0.15) is 0 Å². The molecule has 0 aromatic rings. The van der Waals surface area contributed by atoms with Crippen LogP contribution in [0, 0.1) is 0 Å². The van der Waals surface area contributed by atoms with Crippen molar-refractivity contribution in [2.45, 2.75) is 0 Å². The summed E-state index contributed by atoms with van der Waals surface area (Å²) in [5.74, 6) is -3.36. The second-order valence-electron chi connectivity index (χ2n) is 1.68. The van der Waals surface area contributed by atoms with Gasteiger partial charge < -0.3 is 5.11 Å². The maximum Gasteiger partial charge on any atom is 0.379 e. The Morgan fingerprint density at radius 2 is 1.62 bits per heavy atom. The topological polar surface area (TPSA) is 89.9 Å². The largest absolute Gasteiger partial charge is 0.478 e. The summed E-state index contributed by atoms with van der Waals surface area (Å²) in [5, 5.41) is 8.07. The maximum atomic E-state index is 10.5. The van der Waals surface area contributed by atoms with Crippen molar-refractivity contribution in [2.24, 2.45) is 0 Å². The van der Waals surface area contributed by atoms with Gasteiger partial charge in [0.05, 0.1) is 0 Å². The predicted octanol–water partition coefficient (Wildman–Crippen LogP) is -0.185. The first kappa shape index (κ1) is 10.9. The predicted molar refractivity (Wildman–Crippen MR) is 39.2 cm³/mol. The Hall–Kier alpha value is -2.11. The minimum Gasteiger partial charge on any atom is -0.478 e. The molecule has 0 amide bonds. The van der Waals surface area contributed by atoms with Crippen molar-refractivity contribution in [3.8, 4) is 0 Å². The van der Waals surface area contributed by atoms with Gasteiger partial charge in [-0.3, -0.25) is 0 Å². The highest BCUT2D eigenvalue weighted by atomic mass is 17.2. The third-order valence-electron chi connectivity index (χ3n) is 0.735. The van der Waals surface area contributed by atoms with E-state index in [1.54, 1.807) is 0 Å². The highest BCUT2D eigenvalue weighted by Gasteiger charge is 2.02. The molecule has 0 aromatic carbocycles. The number of carbonyl (C=O) groups is 3. The summed E-state index contributed by atoms with van der Waals surface area (Å²) in [6, 6.07) is 0. The standard InChI is InChI=1S/C7H6O6/c1-2-6(10)12-13-7(11)4-3-5(8)9/h2-4H,1H2,(H,8,9)/b4-3-. The number of carboxylic acid groups (broad SMARTS) is 1. The molecule has 0 saturated carbocycles. The van der Waals surface area contributed by atoms with E-state index in [0.717, 1.165) is 6.08 Å². The Kier molecular flexibility index (Phi) is 4.63. The highest BCUT2D eigenvalue weighted by Crippen LogP contribution is 1.86. The van der Waals surface area contributed by atoms with Crippen molar-refractivity contribution in [2.75, 3.05) is 0 Å². The first-order valence-electron chi connectivity index (χ1n) is 3.02. The van der Waals surface area contributed by atoms with Crippen LogP contribution >= 0.6 is 0 Å². The maximum absolute atomic E-state index is 10.5. The molecule has 0 aliphatic heterocycles. The van der Waals surface area contributed by atoms with E-state index in [9.17, 15) is 14.4 Å².